The number of hydrogen-bond donors (Lipinski definition) is 3. The summed E-state index contributed by atoms with van der Waals surface area (Å²) in [5.41, 5.74) is 5.43. The number of primary amides is 1. The number of anilines is 1. The van der Waals surface area contributed by atoms with Crippen LogP contribution in [0.15, 0.2) is 42.5 Å². The number of benzene rings is 2. The number of carbonyl (C=O) groups is 2. The molecule has 0 aliphatic heterocycles. The highest BCUT2D eigenvalue weighted by atomic mass is 16.2. The van der Waals surface area contributed by atoms with E-state index in [0.29, 0.717) is 5.69 Å². The van der Waals surface area contributed by atoms with E-state index < -0.39 is 12.1 Å². The lowest BCUT2D eigenvalue weighted by Gasteiger charge is -2.06. The molecule has 0 aliphatic carbocycles. The standard InChI is InChI=1S/C12H11N3O2/c13-11(16)15-12(17)14-10-6-5-8-3-1-2-4-9(8)7-10/h1-7H,(H4,13,14,15,16,17). The highest BCUT2D eigenvalue weighted by Crippen LogP contribution is 2.18. The van der Waals surface area contributed by atoms with Gasteiger partial charge in [0.1, 0.15) is 0 Å². The Balaban J connectivity index is 2.19. The lowest BCUT2D eigenvalue weighted by atomic mass is 10.1. The molecule has 0 fully saturated rings. The Labute approximate surface area is 97.6 Å². The number of nitrogens with one attached hydrogen (secondary N) is 2. The summed E-state index contributed by atoms with van der Waals surface area (Å²) >= 11 is 0. The Hall–Kier alpha value is -2.56. The molecule has 86 valence electrons. The van der Waals surface area contributed by atoms with Gasteiger partial charge in [0.05, 0.1) is 0 Å². The van der Waals surface area contributed by atoms with Gasteiger partial charge in [0, 0.05) is 5.69 Å². The second kappa shape index (κ2) is 4.52. The molecular formula is C12H11N3O2. The van der Waals surface area contributed by atoms with Crippen molar-refractivity contribution in [2.45, 2.75) is 0 Å². The Morgan fingerprint density at radius 2 is 1.71 bits per heavy atom. The first-order valence-electron chi connectivity index (χ1n) is 5.01. The second-order valence-corrected chi connectivity index (χ2v) is 3.51. The van der Waals surface area contributed by atoms with Crippen LogP contribution in [0.3, 0.4) is 0 Å². The third-order valence-electron chi connectivity index (χ3n) is 2.24. The molecule has 2 aromatic carbocycles. The SMILES string of the molecule is NC(=O)NC(=O)Nc1ccc2ccccc2c1. The van der Waals surface area contributed by atoms with Crippen molar-refractivity contribution in [2.24, 2.45) is 5.73 Å². The summed E-state index contributed by atoms with van der Waals surface area (Å²) in [7, 11) is 0. The van der Waals surface area contributed by atoms with E-state index in [0.717, 1.165) is 10.8 Å². The van der Waals surface area contributed by atoms with Gasteiger partial charge >= 0.3 is 12.1 Å². The van der Waals surface area contributed by atoms with Gasteiger partial charge in [-0.15, -0.1) is 0 Å². The van der Waals surface area contributed by atoms with Crippen LogP contribution in [0.2, 0.25) is 0 Å². The second-order valence-electron chi connectivity index (χ2n) is 3.51. The fourth-order valence-electron chi connectivity index (χ4n) is 1.54. The summed E-state index contributed by atoms with van der Waals surface area (Å²) in [6.45, 7) is 0. The van der Waals surface area contributed by atoms with E-state index in [9.17, 15) is 9.59 Å². The first kappa shape index (κ1) is 10.9. The van der Waals surface area contributed by atoms with Gasteiger partial charge in [-0.05, 0) is 22.9 Å². The molecule has 0 atom stereocenters. The van der Waals surface area contributed by atoms with Gasteiger partial charge in [-0.25, -0.2) is 9.59 Å². The van der Waals surface area contributed by atoms with Gasteiger partial charge in [0.25, 0.3) is 0 Å². The molecule has 0 bridgehead atoms. The molecular weight excluding hydrogens is 218 g/mol. The normalized spacial score (nSPS) is 9.88. The van der Waals surface area contributed by atoms with Crippen LogP contribution in [0.5, 0.6) is 0 Å². The van der Waals surface area contributed by atoms with Gasteiger partial charge < -0.3 is 11.1 Å². The number of amides is 4. The van der Waals surface area contributed by atoms with Crippen LogP contribution in [0.4, 0.5) is 15.3 Å². The molecule has 0 unspecified atom stereocenters. The third kappa shape index (κ3) is 2.72. The molecule has 0 spiro atoms. The van der Waals surface area contributed by atoms with E-state index in [1.54, 1.807) is 6.07 Å². The Bertz CT molecular complexity index is 581. The van der Waals surface area contributed by atoms with Crippen LogP contribution in [0, 0.1) is 0 Å². The molecule has 0 saturated heterocycles. The smallest absolute Gasteiger partial charge is 0.327 e. The molecule has 5 nitrogen and oxygen atoms in total. The molecule has 0 saturated carbocycles. The summed E-state index contributed by atoms with van der Waals surface area (Å²) in [6.07, 6.45) is 0. The van der Waals surface area contributed by atoms with Gasteiger partial charge in [0.15, 0.2) is 0 Å². The molecule has 0 aromatic heterocycles. The number of carbonyl (C=O) groups excluding carboxylic acids is 2. The van der Waals surface area contributed by atoms with Crippen molar-refractivity contribution in [1.82, 2.24) is 5.32 Å². The lowest BCUT2D eigenvalue weighted by molar-refractivity contribution is 0.238. The molecule has 4 N–H and O–H groups in total. The molecule has 2 rings (SSSR count). The lowest BCUT2D eigenvalue weighted by Crippen LogP contribution is -2.38. The number of imide groups is 1. The molecule has 17 heavy (non-hydrogen) atoms. The summed E-state index contributed by atoms with van der Waals surface area (Å²) in [6, 6.07) is 11.7. The van der Waals surface area contributed by atoms with Crippen molar-refractivity contribution >= 4 is 28.5 Å². The van der Waals surface area contributed by atoms with Crippen molar-refractivity contribution in [3.63, 3.8) is 0 Å². The minimum atomic E-state index is -0.886. The van der Waals surface area contributed by atoms with Crippen LogP contribution in [-0.2, 0) is 0 Å². The largest absolute Gasteiger partial charge is 0.351 e. The number of hydrogen-bond acceptors (Lipinski definition) is 2. The number of fused-ring (bicyclic) bond motifs is 1. The van der Waals surface area contributed by atoms with E-state index in [4.69, 9.17) is 5.73 Å². The van der Waals surface area contributed by atoms with Crippen molar-refractivity contribution in [2.75, 3.05) is 5.32 Å². The minimum Gasteiger partial charge on any atom is -0.351 e. The molecule has 0 aliphatic rings. The number of urea groups is 2. The van der Waals surface area contributed by atoms with Crippen LogP contribution in [0.1, 0.15) is 0 Å². The summed E-state index contributed by atoms with van der Waals surface area (Å²) in [5.74, 6) is 0. The van der Waals surface area contributed by atoms with Gasteiger partial charge in [0.2, 0.25) is 0 Å². The van der Waals surface area contributed by atoms with Crippen LogP contribution >= 0.6 is 0 Å². The predicted octanol–water partition coefficient (Wildman–Crippen LogP) is 2.04. The Morgan fingerprint density at radius 3 is 2.41 bits per heavy atom. The van der Waals surface area contributed by atoms with E-state index in [-0.39, 0.29) is 0 Å². The van der Waals surface area contributed by atoms with E-state index in [1.807, 2.05) is 41.7 Å². The van der Waals surface area contributed by atoms with Crippen molar-refractivity contribution < 1.29 is 9.59 Å². The zero-order valence-corrected chi connectivity index (χ0v) is 8.94. The van der Waals surface area contributed by atoms with Gasteiger partial charge in [-0.1, -0.05) is 30.3 Å². The maximum atomic E-state index is 11.2. The van der Waals surface area contributed by atoms with Crippen LogP contribution < -0.4 is 16.4 Å². The molecule has 0 radical (unpaired) electrons. The predicted molar refractivity (Wildman–Crippen MR) is 65.7 cm³/mol. The maximum Gasteiger partial charge on any atom is 0.327 e. The first-order chi connectivity index (χ1) is 8.15. The summed E-state index contributed by atoms with van der Waals surface area (Å²) in [4.78, 5) is 21.7. The van der Waals surface area contributed by atoms with E-state index >= 15 is 0 Å². The minimum absolute atomic E-state index is 0.599. The van der Waals surface area contributed by atoms with Gasteiger partial charge in [-0.2, -0.15) is 0 Å². The molecule has 0 heterocycles. The van der Waals surface area contributed by atoms with Crippen molar-refractivity contribution in [3.8, 4) is 0 Å². The summed E-state index contributed by atoms with van der Waals surface area (Å²) < 4.78 is 0. The average molecular weight is 229 g/mol. The van der Waals surface area contributed by atoms with Crippen molar-refractivity contribution in [1.29, 1.82) is 0 Å². The zero-order valence-electron chi connectivity index (χ0n) is 8.94. The Morgan fingerprint density at radius 1 is 1.00 bits per heavy atom. The summed E-state index contributed by atoms with van der Waals surface area (Å²) in [5, 5.41) is 6.52. The van der Waals surface area contributed by atoms with Crippen LogP contribution in [0.25, 0.3) is 10.8 Å². The van der Waals surface area contributed by atoms with E-state index in [1.165, 1.54) is 0 Å². The highest BCUT2D eigenvalue weighted by molar-refractivity contribution is 6.01. The molecule has 2 aromatic rings. The van der Waals surface area contributed by atoms with Crippen molar-refractivity contribution in [3.05, 3.63) is 42.5 Å². The van der Waals surface area contributed by atoms with E-state index in [2.05, 4.69) is 5.32 Å². The monoisotopic (exact) mass is 229 g/mol. The third-order valence-corrected chi connectivity index (χ3v) is 2.24. The topological polar surface area (TPSA) is 84.2 Å². The Kier molecular flexibility index (Phi) is 2.91. The molecule has 5 heteroatoms. The fourth-order valence-corrected chi connectivity index (χ4v) is 1.54. The maximum absolute atomic E-state index is 11.2. The molecule has 4 amide bonds. The van der Waals surface area contributed by atoms with Gasteiger partial charge in [-0.3, -0.25) is 5.32 Å². The highest BCUT2D eigenvalue weighted by Gasteiger charge is 2.04. The average Bonchev–Trinajstić information content (AvgIpc) is 2.27. The number of rotatable bonds is 1. The first-order valence-corrected chi connectivity index (χ1v) is 5.01. The number of nitrogens with two attached hydrogens (primary N) is 1. The quantitative estimate of drug-likeness (QED) is 0.699. The fraction of sp³-hybridized carbons (Fsp3) is 0. The van der Waals surface area contributed by atoms with Crippen LogP contribution in [-0.4, -0.2) is 12.1 Å². The zero-order chi connectivity index (χ0) is 12.3.